The normalized spacial score (nSPS) is 14.4. The van der Waals surface area contributed by atoms with Crippen molar-refractivity contribution in [2.24, 2.45) is 0 Å². The number of amides is 3. The molecule has 1 aliphatic heterocycles. The fraction of sp³-hybridized carbons (Fsp3) is 0.174. The fourth-order valence-electron chi connectivity index (χ4n) is 2.82. The molecule has 1 heterocycles. The van der Waals surface area contributed by atoms with E-state index in [0.717, 1.165) is 16.7 Å². The highest BCUT2D eigenvalue weighted by Crippen LogP contribution is 2.37. The predicted octanol–water partition coefficient (Wildman–Crippen LogP) is 4.52. The van der Waals surface area contributed by atoms with Gasteiger partial charge in [0.05, 0.1) is 21.6 Å². The summed E-state index contributed by atoms with van der Waals surface area (Å²) in [6.07, 6.45) is 6.80. The van der Waals surface area contributed by atoms with Gasteiger partial charge in [-0.25, -0.2) is 4.39 Å². The molecule has 10 heteroatoms. The van der Waals surface area contributed by atoms with E-state index < -0.39 is 22.9 Å². The van der Waals surface area contributed by atoms with Crippen molar-refractivity contribution in [2.45, 2.75) is 6.92 Å². The average molecular weight is 580 g/mol. The van der Waals surface area contributed by atoms with Crippen molar-refractivity contribution in [1.82, 2.24) is 4.90 Å². The fourth-order valence-corrected chi connectivity index (χ4v) is 4.44. The zero-order valence-electron chi connectivity index (χ0n) is 17.4. The molecule has 33 heavy (non-hydrogen) atoms. The summed E-state index contributed by atoms with van der Waals surface area (Å²) in [6.45, 7) is 1.76. The van der Waals surface area contributed by atoms with Crippen LogP contribution in [0.2, 0.25) is 0 Å². The SMILES string of the molecule is C#CCN1C(=O)S/C(=C\c2cc(I)c(OCC(=O)Nc3ccc(F)cc3)c(OCC)c2)C1=O. The lowest BCUT2D eigenvalue weighted by molar-refractivity contribution is -0.122. The molecule has 1 saturated heterocycles. The third-order valence-electron chi connectivity index (χ3n) is 4.23. The van der Waals surface area contributed by atoms with Crippen molar-refractivity contribution < 1.29 is 28.2 Å². The second-order valence-electron chi connectivity index (χ2n) is 6.58. The Bertz CT molecular complexity index is 1160. The number of hydrogen-bond acceptors (Lipinski definition) is 6. The van der Waals surface area contributed by atoms with Crippen molar-refractivity contribution in [2.75, 3.05) is 25.1 Å². The molecule has 0 aromatic heterocycles. The zero-order valence-corrected chi connectivity index (χ0v) is 20.4. The van der Waals surface area contributed by atoms with E-state index in [9.17, 15) is 18.8 Å². The minimum atomic E-state index is -0.450. The number of rotatable bonds is 8. The van der Waals surface area contributed by atoms with Gasteiger partial charge in [-0.1, -0.05) is 5.92 Å². The van der Waals surface area contributed by atoms with Crippen LogP contribution in [0.3, 0.4) is 0 Å². The highest BCUT2D eigenvalue weighted by atomic mass is 127. The van der Waals surface area contributed by atoms with Gasteiger partial charge in [-0.3, -0.25) is 19.3 Å². The Hall–Kier alpha value is -3.04. The lowest BCUT2D eigenvalue weighted by Gasteiger charge is -2.15. The van der Waals surface area contributed by atoms with E-state index in [2.05, 4.69) is 11.2 Å². The molecule has 2 aromatic carbocycles. The standard InChI is InChI=1S/C23H18FIN2O5S/c1-3-9-27-22(29)19(33-23(27)30)12-14-10-17(25)21(18(11-14)31-4-2)32-13-20(28)26-16-7-5-15(24)6-8-16/h1,5-8,10-12H,4,9,13H2,2H3,(H,26,28)/b19-12-. The number of nitrogens with one attached hydrogen (secondary N) is 1. The van der Waals surface area contributed by atoms with Crippen LogP contribution >= 0.6 is 34.4 Å². The number of hydrogen-bond donors (Lipinski definition) is 1. The molecule has 0 atom stereocenters. The predicted molar refractivity (Wildman–Crippen MR) is 132 cm³/mol. The van der Waals surface area contributed by atoms with E-state index in [4.69, 9.17) is 15.9 Å². The number of ether oxygens (including phenoxy) is 2. The molecule has 0 spiro atoms. The summed E-state index contributed by atoms with van der Waals surface area (Å²) in [4.78, 5) is 37.9. The molecule has 0 unspecified atom stereocenters. The number of anilines is 1. The van der Waals surface area contributed by atoms with Crippen LogP contribution in [-0.4, -0.2) is 41.7 Å². The van der Waals surface area contributed by atoms with E-state index >= 15 is 0 Å². The summed E-state index contributed by atoms with van der Waals surface area (Å²) in [5.74, 6) is 1.77. The van der Waals surface area contributed by atoms with Crippen LogP contribution in [0, 0.1) is 21.7 Å². The minimum Gasteiger partial charge on any atom is -0.490 e. The first kappa shape index (κ1) is 24.6. The molecule has 0 bridgehead atoms. The maximum Gasteiger partial charge on any atom is 0.294 e. The Morgan fingerprint density at radius 3 is 2.67 bits per heavy atom. The lowest BCUT2D eigenvalue weighted by atomic mass is 10.2. The van der Waals surface area contributed by atoms with Crippen molar-refractivity contribution in [3.63, 3.8) is 0 Å². The molecule has 3 amide bonds. The largest absolute Gasteiger partial charge is 0.490 e. The molecular weight excluding hydrogens is 562 g/mol. The Morgan fingerprint density at radius 2 is 2.00 bits per heavy atom. The Balaban J connectivity index is 1.76. The molecule has 0 saturated carbocycles. The van der Waals surface area contributed by atoms with Gasteiger partial charge in [-0.15, -0.1) is 6.42 Å². The summed E-state index contributed by atoms with van der Waals surface area (Å²) in [5.41, 5.74) is 1.07. The monoisotopic (exact) mass is 580 g/mol. The first-order valence-corrected chi connectivity index (χ1v) is 11.5. The van der Waals surface area contributed by atoms with E-state index in [-0.39, 0.29) is 18.1 Å². The minimum absolute atomic E-state index is 0.0868. The Morgan fingerprint density at radius 1 is 1.27 bits per heavy atom. The topological polar surface area (TPSA) is 84.9 Å². The number of thioether (sulfide) groups is 1. The second kappa shape index (κ2) is 11.2. The molecule has 3 rings (SSSR count). The van der Waals surface area contributed by atoms with Crippen LogP contribution in [0.4, 0.5) is 14.9 Å². The van der Waals surface area contributed by atoms with Gasteiger partial charge in [0.25, 0.3) is 17.1 Å². The number of carbonyl (C=O) groups excluding carboxylic acids is 3. The number of carbonyl (C=O) groups is 3. The third-order valence-corrected chi connectivity index (χ3v) is 5.94. The van der Waals surface area contributed by atoms with E-state index in [1.807, 2.05) is 22.6 Å². The first-order chi connectivity index (χ1) is 15.8. The maximum absolute atomic E-state index is 13.0. The van der Waals surface area contributed by atoms with E-state index in [0.29, 0.717) is 32.9 Å². The van der Waals surface area contributed by atoms with Crippen molar-refractivity contribution in [1.29, 1.82) is 0 Å². The maximum atomic E-state index is 13.0. The van der Waals surface area contributed by atoms with Gasteiger partial charge in [0.1, 0.15) is 5.82 Å². The average Bonchev–Trinajstić information content (AvgIpc) is 3.02. The molecule has 170 valence electrons. The van der Waals surface area contributed by atoms with Gasteiger partial charge >= 0.3 is 0 Å². The van der Waals surface area contributed by atoms with Crippen molar-refractivity contribution in [3.8, 4) is 23.8 Å². The van der Waals surface area contributed by atoms with Crippen LogP contribution < -0.4 is 14.8 Å². The van der Waals surface area contributed by atoms with Gasteiger partial charge in [0.2, 0.25) is 0 Å². The van der Waals surface area contributed by atoms with Crippen LogP contribution in [-0.2, 0) is 9.59 Å². The van der Waals surface area contributed by atoms with Crippen molar-refractivity contribution in [3.05, 3.63) is 56.3 Å². The molecule has 2 aromatic rings. The van der Waals surface area contributed by atoms with E-state index in [1.165, 1.54) is 24.3 Å². The summed E-state index contributed by atoms with van der Waals surface area (Å²) in [7, 11) is 0. The molecule has 1 fully saturated rings. The number of imide groups is 1. The first-order valence-electron chi connectivity index (χ1n) is 9.65. The second-order valence-corrected chi connectivity index (χ2v) is 8.73. The number of benzene rings is 2. The van der Waals surface area contributed by atoms with E-state index in [1.54, 1.807) is 25.1 Å². The molecule has 1 N–H and O–H groups in total. The van der Waals surface area contributed by atoms with Crippen LogP contribution in [0.15, 0.2) is 41.3 Å². The molecule has 0 radical (unpaired) electrons. The number of halogens is 2. The highest BCUT2D eigenvalue weighted by Gasteiger charge is 2.34. The van der Waals surface area contributed by atoms with Crippen LogP contribution in [0.25, 0.3) is 6.08 Å². The zero-order chi connectivity index (χ0) is 24.0. The lowest BCUT2D eigenvalue weighted by Crippen LogP contribution is -2.28. The third kappa shape index (κ3) is 6.27. The summed E-state index contributed by atoms with van der Waals surface area (Å²) >= 11 is 2.85. The number of nitrogens with zero attached hydrogens (tertiary/aromatic N) is 1. The molecule has 1 aliphatic rings. The molecule has 7 nitrogen and oxygen atoms in total. The quantitative estimate of drug-likeness (QED) is 0.281. The van der Waals surface area contributed by atoms with Gasteiger partial charge in [0.15, 0.2) is 18.1 Å². The number of terminal acetylenes is 1. The highest BCUT2D eigenvalue weighted by molar-refractivity contribution is 14.1. The van der Waals surface area contributed by atoms with Gasteiger partial charge in [-0.05, 0) is 89.3 Å². The Kier molecular flexibility index (Phi) is 8.35. The summed E-state index contributed by atoms with van der Waals surface area (Å²) in [6, 6.07) is 8.78. The molecular formula is C23H18FIN2O5S. The van der Waals surface area contributed by atoms with Crippen LogP contribution in [0.5, 0.6) is 11.5 Å². The van der Waals surface area contributed by atoms with Gasteiger partial charge < -0.3 is 14.8 Å². The van der Waals surface area contributed by atoms with Crippen molar-refractivity contribution >= 4 is 63.2 Å². The van der Waals surface area contributed by atoms with Gasteiger partial charge in [0, 0.05) is 5.69 Å². The van der Waals surface area contributed by atoms with Crippen LogP contribution in [0.1, 0.15) is 12.5 Å². The molecule has 0 aliphatic carbocycles. The Labute approximate surface area is 207 Å². The summed E-state index contributed by atoms with van der Waals surface area (Å²) < 4.78 is 25.0. The summed E-state index contributed by atoms with van der Waals surface area (Å²) in [5, 5.41) is 2.20. The van der Waals surface area contributed by atoms with Gasteiger partial charge in [-0.2, -0.15) is 0 Å². The smallest absolute Gasteiger partial charge is 0.294 e.